The molecule has 1 rings (SSSR count). The first kappa shape index (κ1) is 12.5. The molecule has 4 heteroatoms. The van der Waals surface area contributed by atoms with Gasteiger partial charge in [-0.15, -0.1) is 0 Å². The van der Waals surface area contributed by atoms with Crippen LogP contribution in [0.4, 0.5) is 0 Å². The fourth-order valence-corrected chi connectivity index (χ4v) is 1.61. The van der Waals surface area contributed by atoms with Crippen molar-refractivity contribution < 1.29 is 9.53 Å². The molecule has 0 aromatic rings. The number of hydrogen-bond acceptors (Lipinski definition) is 3. The van der Waals surface area contributed by atoms with E-state index in [2.05, 4.69) is 19.2 Å². The van der Waals surface area contributed by atoms with Crippen LogP contribution in [0.5, 0.6) is 0 Å². The lowest BCUT2D eigenvalue weighted by Gasteiger charge is -2.26. The SMILES string of the molecule is CCC(C)C(C)NC(=O)C1(N)CCOC1. The molecule has 0 aromatic carbocycles. The Balaban J connectivity index is 2.47. The molecule has 3 N–H and O–H groups in total. The summed E-state index contributed by atoms with van der Waals surface area (Å²) < 4.78 is 5.16. The summed E-state index contributed by atoms with van der Waals surface area (Å²) in [6.45, 7) is 7.18. The van der Waals surface area contributed by atoms with Crippen molar-refractivity contribution in [2.45, 2.75) is 45.2 Å². The Labute approximate surface area is 91.5 Å². The van der Waals surface area contributed by atoms with Crippen LogP contribution in [0.2, 0.25) is 0 Å². The zero-order chi connectivity index (χ0) is 11.5. The van der Waals surface area contributed by atoms with Crippen LogP contribution in [-0.4, -0.2) is 30.7 Å². The first-order valence-corrected chi connectivity index (χ1v) is 5.67. The lowest BCUT2D eigenvalue weighted by atomic mass is 9.96. The zero-order valence-electron chi connectivity index (χ0n) is 9.88. The molecule has 1 aliphatic rings. The lowest BCUT2D eigenvalue weighted by molar-refractivity contribution is -0.127. The van der Waals surface area contributed by atoms with Crippen LogP contribution in [0.25, 0.3) is 0 Å². The largest absolute Gasteiger partial charge is 0.379 e. The van der Waals surface area contributed by atoms with Gasteiger partial charge in [0, 0.05) is 12.6 Å². The Morgan fingerprint density at radius 1 is 1.60 bits per heavy atom. The van der Waals surface area contributed by atoms with E-state index in [9.17, 15) is 4.79 Å². The Kier molecular flexibility index (Phi) is 4.11. The van der Waals surface area contributed by atoms with E-state index in [0.717, 1.165) is 6.42 Å². The highest BCUT2D eigenvalue weighted by Gasteiger charge is 2.38. The summed E-state index contributed by atoms with van der Waals surface area (Å²) in [6, 6.07) is 0.170. The van der Waals surface area contributed by atoms with E-state index in [4.69, 9.17) is 10.5 Å². The molecule has 1 fully saturated rings. The van der Waals surface area contributed by atoms with Gasteiger partial charge in [-0.3, -0.25) is 4.79 Å². The van der Waals surface area contributed by atoms with Crippen molar-refractivity contribution in [3.8, 4) is 0 Å². The number of carbonyl (C=O) groups excluding carboxylic acids is 1. The third-order valence-corrected chi connectivity index (χ3v) is 3.36. The Morgan fingerprint density at radius 3 is 2.73 bits per heavy atom. The number of nitrogens with two attached hydrogens (primary N) is 1. The molecule has 0 aromatic heterocycles. The maximum atomic E-state index is 11.9. The van der Waals surface area contributed by atoms with E-state index < -0.39 is 5.54 Å². The van der Waals surface area contributed by atoms with Gasteiger partial charge in [0.1, 0.15) is 5.54 Å². The van der Waals surface area contributed by atoms with Crippen molar-refractivity contribution in [1.29, 1.82) is 0 Å². The van der Waals surface area contributed by atoms with Gasteiger partial charge in [0.05, 0.1) is 6.61 Å². The Hall–Kier alpha value is -0.610. The second kappa shape index (κ2) is 4.94. The van der Waals surface area contributed by atoms with E-state index in [1.165, 1.54) is 0 Å². The number of amides is 1. The molecule has 0 radical (unpaired) electrons. The van der Waals surface area contributed by atoms with Crippen molar-refractivity contribution in [1.82, 2.24) is 5.32 Å². The van der Waals surface area contributed by atoms with E-state index in [0.29, 0.717) is 25.6 Å². The van der Waals surface area contributed by atoms with Gasteiger partial charge in [0.15, 0.2) is 0 Å². The van der Waals surface area contributed by atoms with Crippen LogP contribution < -0.4 is 11.1 Å². The van der Waals surface area contributed by atoms with Gasteiger partial charge >= 0.3 is 0 Å². The molecular weight excluding hydrogens is 192 g/mol. The molecule has 3 unspecified atom stereocenters. The van der Waals surface area contributed by atoms with Gasteiger partial charge < -0.3 is 15.8 Å². The molecule has 1 aliphatic heterocycles. The summed E-state index contributed by atoms with van der Waals surface area (Å²) in [4.78, 5) is 11.9. The lowest BCUT2D eigenvalue weighted by Crippen LogP contribution is -2.57. The summed E-state index contributed by atoms with van der Waals surface area (Å²) in [5.41, 5.74) is 5.15. The van der Waals surface area contributed by atoms with Gasteiger partial charge in [-0.2, -0.15) is 0 Å². The number of nitrogens with one attached hydrogen (secondary N) is 1. The van der Waals surface area contributed by atoms with Gasteiger partial charge in [-0.1, -0.05) is 20.3 Å². The quantitative estimate of drug-likeness (QED) is 0.722. The van der Waals surface area contributed by atoms with E-state index in [1.807, 2.05) is 6.92 Å². The molecule has 4 nitrogen and oxygen atoms in total. The summed E-state index contributed by atoms with van der Waals surface area (Å²) in [5.74, 6) is 0.396. The maximum absolute atomic E-state index is 11.9. The summed E-state index contributed by atoms with van der Waals surface area (Å²) in [6.07, 6.45) is 1.67. The average molecular weight is 214 g/mol. The highest BCUT2D eigenvalue weighted by Crippen LogP contribution is 2.16. The molecule has 0 bridgehead atoms. The van der Waals surface area contributed by atoms with Gasteiger partial charge in [-0.05, 0) is 19.3 Å². The fraction of sp³-hybridized carbons (Fsp3) is 0.909. The predicted octanol–water partition coefficient (Wildman–Crippen LogP) is 0.655. The molecule has 3 atom stereocenters. The Morgan fingerprint density at radius 2 is 2.27 bits per heavy atom. The summed E-state index contributed by atoms with van der Waals surface area (Å²) in [5, 5.41) is 2.97. The van der Waals surface area contributed by atoms with Crippen LogP contribution in [0.1, 0.15) is 33.6 Å². The predicted molar refractivity (Wildman–Crippen MR) is 59.4 cm³/mol. The second-order valence-electron chi connectivity index (χ2n) is 4.61. The van der Waals surface area contributed by atoms with E-state index in [-0.39, 0.29) is 11.9 Å². The number of carbonyl (C=O) groups is 1. The van der Waals surface area contributed by atoms with Crippen molar-refractivity contribution in [3.63, 3.8) is 0 Å². The minimum atomic E-state index is -0.804. The molecule has 0 aliphatic carbocycles. The zero-order valence-corrected chi connectivity index (χ0v) is 9.88. The van der Waals surface area contributed by atoms with Crippen molar-refractivity contribution in [2.24, 2.45) is 11.7 Å². The minimum absolute atomic E-state index is 0.0761. The van der Waals surface area contributed by atoms with Gasteiger partial charge in [0.2, 0.25) is 5.91 Å². The topological polar surface area (TPSA) is 64.4 Å². The monoisotopic (exact) mass is 214 g/mol. The van der Waals surface area contributed by atoms with Crippen molar-refractivity contribution in [2.75, 3.05) is 13.2 Å². The van der Waals surface area contributed by atoms with Crippen LogP contribution in [0, 0.1) is 5.92 Å². The van der Waals surface area contributed by atoms with Crippen molar-refractivity contribution >= 4 is 5.91 Å². The number of rotatable bonds is 4. The molecule has 0 spiro atoms. The Bertz CT molecular complexity index is 225. The molecule has 15 heavy (non-hydrogen) atoms. The summed E-state index contributed by atoms with van der Waals surface area (Å²) in [7, 11) is 0. The molecule has 0 saturated carbocycles. The second-order valence-corrected chi connectivity index (χ2v) is 4.61. The highest BCUT2D eigenvalue weighted by molar-refractivity contribution is 5.86. The standard InChI is InChI=1S/C11H22N2O2/c1-4-8(2)9(3)13-10(14)11(12)5-6-15-7-11/h8-9H,4-7,12H2,1-3H3,(H,13,14). The third-order valence-electron chi connectivity index (χ3n) is 3.36. The number of hydrogen-bond donors (Lipinski definition) is 2. The molecular formula is C11H22N2O2. The van der Waals surface area contributed by atoms with E-state index >= 15 is 0 Å². The van der Waals surface area contributed by atoms with Crippen LogP contribution >= 0.6 is 0 Å². The smallest absolute Gasteiger partial charge is 0.242 e. The van der Waals surface area contributed by atoms with Gasteiger partial charge in [-0.25, -0.2) is 0 Å². The molecule has 1 saturated heterocycles. The first-order chi connectivity index (χ1) is 6.99. The molecule has 88 valence electrons. The third kappa shape index (κ3) is 2.92. The van der Waals surface area contributed by atoms with Crippen LogP contribution in [-0.2, 0) is 9.53 Å². The molecule has 1 amide bonds. The van der Waals surface area contributed by atoms with Crippen LogP contribution in [0.3, 0.4) is 0 Å². The summed E-state index contributed by atoms with van der Waals surface area (Å²) >= 11 is 0. The average Bonchev–Trinajstić information content (AvgIpc) is 2.65. The number of ether oxygens (including phenoxy) is 1. The normalized spacial score (nSPS) is 29.9. The first-order valence-electron chi connectivity index (χ1n) is 5.67. The minimum Gasteiger partial charge on any atom is -0.379 e. The van der Waals surface area contributed by atoms with Crippen LogP contribution in [0.15, 0.2) is 0 Å². The molecule has 1 heterocycles. The highest BCUT2D eigenvalue weighted by atomic mass is 16.5. The van der Waals surface area contributed by atoms with Crippen molar-refractivity contribution in [3.05, 3.63) is 0 Å². The maximum Gasteiger partial charge on any atom is 0.242 e. The fourth-order valence-electron chi connectivity index (χ4n) is 1.61. The van der Waals surface area contributed by atoms with Gasteiger partial charge in [0.25, 0.3) is 0 Å². The van der Waals surface area contributed by atoms with E-state index in [1.54, 1.807) is 0 Å².